The molecule has 2 nitrogen and oxygen atoms in total. The molecule has 116 valence electrons. The first kappa shape index (κ1) is 15.8. The van der Waals surface area contributed by atoms with Gasteiger partial charge in [-0.1, -0.05) is 0 Å². The molecule has 3 heteroatoms. The van der Waals surface area contributed by atoms with E-state index in [1.807, 2.05) is 49.4 Å². The molecule has 0 radical (unpaired) electrons. The van der Waals surface area contributed by atoms with Gasteiger partial charge in [-0.25, -0.2) is 0 Å². The van der Waals surface area contributed by atoms with E-state index in [2.05, 4.69) is 29.3 Å². The summed E-state index contributed by atoms with van der Waals surface area (Å²) >= 11 is 0.455. The first-order valence-electron chi connectivity index (χ1n) is 7.65. The molecule has 0 bridgehead atoms. The van der Waals surface area contributed by atoms with Crippen molar-refractivity contribution in [3.05, 3.63) is 72.3 Å². The predicted molar refractivity (Wildman–Crippen MR) is 99.3 cm³/mol. The van der Waals surface area contributed by atoms with E-state index < -0.39 is 0 Å². The van der Waals surface area contributed by atoms with E-state index in [0.717, 1.165) is 33.9 Å². The number of benzene rings is 3. The van der Waals surface area contributed by atoms with Crippen LogP contribution in [0.25, 0.3) is 10.8 Å². The Balaban J connectivity index is 1.70. The molecule has 1 N–H and O–H groups in total. The monoisotopic (exact) mass is 369 g/mol. The van der Waals surface area contributed by atoms with Crippen molar-refractivity contribution in [2.45, 2.75) is 12.2 Å². The van der Waals surface area contributed by atoms with Crippen molar-refractivity contribution in [1.82, 2.24) is 0 Å². The Kier molecular flexibility index (Phi) is 5.12. The van der Waals surface area contributed by atoms with Gasteiger partial charge in [-0.05, 0) is 0 Å². The van der Waals surface area contributed by atoms with Gasteiger partial charge in [-0.15, -0.1) is 0 Å². The van der Waals surface area contributed by atoms with Crippen molar-refractivity contribution in [3.8, 4) is 5.75 Å². The van der Waals surface area contributed by atoms with Gasteiger partial charge in [0, 0.05) is 0 Å². The van der Waals surface area contributed by atoms with Gasteiger partial charge >= 0.3 is 143 Å². The molecule has 3 aromatic carbocycles. The topological polar surface area (TPSA) is 32.6 Å². The maximum absolute atomic E-state index is 10.5. The molecule has 0 saturated heterocycles. The van der Waals surface area contributed by atoms with E-state index in [1.165, 1.54) is 4.46 Å². The molecule has 0 aromatic heterocycles. The van der Waals surface area contributed by atoms with E-state index in [9.17, 15) is 5.11 Å². The third-order valence-electron chi connectivity index (χ3n) is 3.74. The minimum absolute atomic E-state index is 0.331. The van der Waals surface area contributed by atoms with Gasteiger partial charge in [-0.2, -0.15) is 0 Å². The summed E-state index contributed by atoms with van der Waals surface area (Å²) in [6.07, 6.45) is 0. The summed E-state index contributed by atoms with van der Waals surface area (Å²) in [7, 11) is 0. The Morgan fingerprint density at radius 2 is 1.70 bits per heavy atom. The molecule has 3 rings (SSSR count). The van der Waals surface area contributed by atoms with Crippen LogP contribution in [-0.2, 0) is 0 Å². The van der Waals surface area contributed by atoms with Crippen LogP contribution in [0.1, 0.15) is 12.5 Å². The molecule has 23 heavy (non-hydrogen) atoms. The average Bonchev–Trinajstić information content (AvgIpc) is 2.60. The second-order valence-electron chi connectivity index (χ2n) is 5.31. The van der Waals surface area contributed by atoms with Crippen molar-refractivity contribution in [3.63, 3.8) is 0 Å². The average molecular weight is 368 g/mol. The second kappa shape index (κ2) is 7.45. The summed E-state index contributed by atoms with van der Waals surface area (Å²) in [4.78, 5) is 4.65. The molecular weight excluding hydrogens is 349 g/mol. The van der Waals surface area contributed by atoms with Gasteiger partial charge in [0.2, 0.25) is 0 Å². The number of nitrogens with zero attached hydrogens (tertiary/aromatic N) is 1. The molecule has 0 aliphatic heterocycles. The minimum atomic E-state index is 0.331. The molecule has 0 unspecified atom stereocenters. The summed E-state index contributed by atoms with van der Waals surface area (Å²) in [6, 6.07) is 22.4. The number of hydrogen-bond donors (Lipinski definition) is 1. The SMILES string of the molecule is CC(=NCC[Se]c1ccccc1)c1ccc2ccccc2c1O. The van der Waals surface area contributed by atoms with E-state index in [0.29, 0.717) is 20.7 Å². The van der Waals surface area contributed by atoms with Crippen LogP contribution >= 0.6 is 0 Å². The van der Waals surface area contributed by atoms with Gasteiger partial charge in [0.25, 0.3) is 0 Å². The van der Waals surface area contributed by atoms with Crippen molar-refractivity contribution in [2.75, 3.05) is 6.54 Å². The number of phenols is 1. The maximum atomic E-state index is 10.5. The summed E-state index contributed by atoms with van der Waals surface area (Å²) in [5, 5.41) is 13.5. The van der Waals surface area contributed by atoms with Gasteiger partial charge < -0.3 is 0 Å². The van der Waals surface area contributed by atoms with Crippen LogP contribution in [0.4, 0.5) is 0 Å². The number of rotatable bonds is 5. The fourth-order valence-corrected chi connectivity index (χ4v) is 4.14. The Labute approximate surface area is 143 Å². The molecule has 0 aliphatic carbocycles. The quantitative estimate of drug-likeness (QED) is 0.415. The van der Waals surface area contributed by atoms with Crippen LogP contribution in [-0.4, -0.2) is 32.3 Å². The van der Waals surface area contributed by atoms with Gasteiger partial charge in [-0.3, -0.25) is 0 Å². The number of aliphatic imine (C=N–C) groups is 1. The zero-order valence-corrected chi connectivity index (χ0v) is 14.8. The van der Waals surface area contributed by atoms with Crippen LogP contribution in [0, 0.1) is 0 Å². The first-order chi connectivity index (χ1) is 11.3. The molecule has 0 atom stereocenters. The standard InChI is InChI=1S/C20H19NOSe/c1-15(21-13-14-23-17-8-3-2-4-9-17)18-12-11-16-7-5-6-10-19(16)20(18)22/h2-12,22H,13-14H2,1H3. The number of fused-ring (bicyclic) bond motifs is 1. The molecule has 0 fully saturated rings. The van der Waals surface area contributed by atoms with Crippen molar-refractivity contribution in [1.29, 1.82) is 0 Å². The number of aromatic hydroxyl groups is 1. The van der Waals surface area contributed by atoms with Gasteiger partial charge in [0.15, 0.2) is 0 Å². The van der Waals surface area contributed by atoms with Crippen LogP contribution < -0.4 is 4.46 Å². The molecule has 0 aliphatic rings. The fourth-order valence-electron chi connectivity index (χ4n) is 2.53. The summed E-state index contributed by atoms with van der Waals surface area (Å²) in [5.74, 6) is 0.331. The molecule has 0 amide bonds. The molecule has 0 saturated carbocycles. The van der Waals surface area contributed by atoms with Gasteiger partial charge in [0.1, 0.15) is 0 Å². The van der Waals surface area contributed by atoms with E-state index >= 15 is 0 Å². The Morgan fingerprint density at radius 1 is 0.957 bits per heavy atom. The predicted octanol–water partition coefficient (Wildman–Crippen LogP) is 3.80. The van der Waals surface area contributed by atoms with Crippen LogP contribution in [0.3, 0.4) is 0 Å². The third kappa shape index (κ3) is 3.82. The molecule has 3 aromatic rings. The Hall–Kier alpha value is -2.09. The zero-order chi connectivity index (χ0) is 16.1. The summed E-state index contributed by atoms with van der Waals surface area (Å²) in [5.41, 5.74) is 1.73. The fraction of sp³-hybridized carbons (Fsp3) is 0.150. The summed E-state index contributed by atoms with van der Waals surface area (Å²) < 4.78 is 1.40. The van der Waals surface area contributed by atoms with E-state index in [1.54, 1.807) is 0 Å². The Morgan fingerprint density at radius 3 is 2.52 bits per heavy atom. The van der Waals surface area contributed by atoms with Crippen LogP contribution in [0.15, 0.2) is 71.7 Å². The van der Waals surface area contributed by atoms with E-state index in [-0.39, 0.29) is 0 Å². The zero-order valence-electron chi connectivity index (χ0n) is 13.1. The van der Waals surface area contributed by atoms with Crippen LogP contribution in [0.2, 0.25) is 5.32 Å². The molecule has 0 heterocycles. The molecule has 0 spiro atoms. The summed E-state index contributed by atoms with van der Waals surface area (Å²) in [6.45, 7) is 2.77. The van der Waals surface area contributed by atoms with Crippen LogP contribution in [0.5, 0.6) is 5.75 Å². The number of phenolic OH excluding ortho intramolecular Hbond substituents is 1. The van der Waals surface area contributed by atoms with Crippen molar-refractivity contribution < 1.29 is 5.11 Å². The number of hydrogen-bond acceptors (Lipinski definition) is 2. The second-order valence-corrected chi connectivity index (χ2v) is 7.76. The van der Waals surface area contributed by atoms with E-state index in [4.69, 9.17) is 0 Å². The van der Waals surface area contributed by atoms with Crippen molar-refractivity contribution in [2.24, 2.45) is 4.99 Å². The van der Waals surface area contributed by atoms with Crippen molar-refractivity contribution >= 4 is 35.9 Å². The van der Waals surface area contributed by atoms with Gasteiger partial charge in [0.05, 0.1) is 0 Å². The third-order valence-corrected chi connectivity index (χ3v) is 5.82. The first-order valence-corrected chi connectivity index (χ1v) is 9.72. The normalized spacial score (nSPS) is 11.8. The Bertz CT molecular complexity index is 827. The molecular formula is C20H19NOSe.